The second-order valence-electron chi connectivity index (χ2n) is 21.5. The fourth-order valence-corrected chi connectivity index (χ4v) is 8.60. The standard InChI is InChI=1S/C21H21ClN6O.C16H14ClN5O.C10H6Cl2N2O.C6H9N3.C6H11NO3S/c1-21(2,12-23)13-29-17-7-3-14(4-8-17)19-18(22)10-24-20(27-19)26-15-9-25-28(11-15)16-5-6-16;17-14-8-18-16(20-11-7-19-22(9-11)12-3-4-12)21-15(14)10-1-5-13(23)6-2-10;11-8-5-13-10(12)14-9(8)6-1-3-7(15)4-2-6;7-5-3-8-9(4-5)6-1-2-6;1-6(2,7-3)5-10-11(4,8)9/h3-4,7-11,16H,5-6,13H2,1-2H3,(H,24,26,27);1-2,5-9,12,23H,3-4H2,(H,18,20,21);1-5,15H;3-4,6H,1-2,7H2;5H2,1-2,4H3. The van der Waals surface area contributed by atoms with Crippen LogP contribution in [0.25, 0.3) is 38.6 Å². The lowest BCUT2D eigenvalue weighted by Gasteiger charge is -2.16. The van der Waals surface area contributed by atoms with Crippen LogP contribution in [0, 0.1) is 23.3 Å². The van der Waals surface area contributed by atoms with Crippen LogP contribution in [0.5, 0.6) is 17.2 Å². The molecule has 12 rings (SSSR count). The highest BCUT2D eigenvalue weighted by Crippen LogP contribution is 2.37. The molecule has 23 nitrogen and oxygen atoms in total. The van der Waals surface area contributed by atoms with Gasteiger partial charge in [-0.3, -0.25) is 18.2 Å². The summed E-state index contributed by atoms with van der Waals surface area (Å²) in [7, 11) is -3.41. The topological polar surface area (TPSA) is 302 Å². The third kappa shape index (κ3) is 20.2. The Morgan fingerprint density at radius 3 is 1.43 bits per heavy atom. The SMILES string of the molecule is CC(C)(C#N)COc1ccc(-c2nc(Nc3cnn(C4CC4)c3)ncc2Cl)cc1.Nc1cnn(C2CC2)c1.Oc1ccc(-c2nc(Cl)ncc2Cl)cc1.Oc1ccc(-c2nc(Nc3cnn(C4CC4)c3)ncc2Cl)cc1.[C-]#[N+]C(C)(C)COS(C)(=O)=O. The summed E-state index contributed by atoms with van der Waals surface area (Å²) in [6.07, 6.45) is 23.8. The second-order valence-corrected chi connectivity index (χ2v) is 24.7. The Labute approximate surface area is 523 Å². The minimum atomic E-state index is -3.41. The first kappa shape index (κ1) is 64.4. The first-order chi connectivity index (χ1) is 41.4. The molecular formula is C59H61Cl4N17O6S. The smallest absolute Gasteiger partial charge is 0.264 e. The Kier molecular flexibility index (Phi) is 21.3. The van der Waals surface area contributed by atoms with Crippen molar-refractivity contribution in [1.29, 1.82) is 5.26 Å². The number of nitrogens with one attached hydrogen (secondary N) is 2. The molecule has 9 aromatic rings. The van der Waals surface area contributed by atoms with E-state index in [-0.39, 0.29) is 23.4 Å². The van der Waals surface area contributed by atoms with Crippen molar-refractivity contribution < 1.29 is 27.6 Å². The van der Waals surface area contributed by atoms with E-state index in [0.29, 0.717) is 74.5 Å². The van der Waals surface area contributed by atoms with E-state index in [0.717, 1.165) is 40.0 Å². The van der Waals surface area contributed by atoms with Gasteiger partial charge in [0.05, 0.1) is 122 Å². The molecule has 6 heterocycles. The number of rotatable bonds is 16. The number of ether oxygens (including phenoxy) is 1. The van der Waals surface area contributed by atoms with Gasteiger partial charge in [-0.25, -0.2) is 36.5 Å². The van der Waals surface area contributed by atoms with Crippen LogP contribution in [-0.2, 0) is 14.3 Å². The number of halogens is 4. The molecule has 0 amide bonds. The summed E-state index contributed by atoms with van der Waals surface area (Å²) in [6.45, 7) is 13.8. The number of nitrogens with zero attached hydrogens (tertiary/aromatic N) is 14. The Hall–Kier alpha value is -8.62. The maximum absolute atomic E-state index is 10.5. The second kappa shape index (κ2) is 28.7. The molecule has 0 bridgehead atoms. The lowest BCUT2D eigenvalue weighted by molar-refractivity contribution is 0.227. The molecule has 0 unspecified atom stereocenters. The zero-order valence-corrected chi connectivity index (χ0v) is 51.6. The van der Waals surface area contributed by atoms with Gasteiger partial charge in [-0.1, -0.05) is 34.8 Å². The zero-order valence-electron chi connectivity index (χ0n) is 47.8. The number of hydrogen-bond donors (Lipinski definition) is 5. The summed E-state index contributed by atoms with van der Waals surface area (Å²) in [5, 5.41) is 48.2. The summed E-state index contributed by atoms with van der Waals surface area (Å²) in [5.41, 5.74) is 10.8. The summed E-state index contributed by atoms with van der Waals surface area (Å²) in [4.78, 5) is 28.5. The average Bonchev–Trinajstić information content (AvgIpc) is 3.52. The summed E-state index contributed by atoms with van der Waals surface area (Å²) in [5.74, 6) is 1.98. The van der Waals surface area contributed by atoms with Gasteiger partial charge in [0.25, 0.3) is 15.7 Å². The third-order valence-corrected chi connectivity index (χ3v) is 14.1. The van der Waals surface area contributed by atoms with Crippen LogP contribution in [0.1, 0.15) is 84.3 Å². The number of nitrogen functional groups attached to an aromatic ring is 1. The van der Waals surface area contributed by atoms with Gasteiger partial charge >= 0.3 is 0 Å². The molecule has 3 aromatic carbocycles. The van der Waals surface area contributed by atoms with Crippen molar-refractivity contribution >= 4 is 85.5 Å². The van der Waals surface area contributed by atoms with Gasteiger partial charge in [0, 0.05) is 49.1 Å². The molecule has 0 spiro atoms. The molecule has 0 aliphatic heterocycles. The number of nitriles is 1. The van der Waals surface area contributed by atoms with Gasteiger partial charge in [0.15, 0.2) is 0 Å². The summed E-state index contributed by atoms with van der Waals surface area (Å²) >= 11 is 24.1. The normalized spacial score (nSPS) is 13.5. The van der Waals surface area contributed by atoms with Gasteiger partial charge in [0.1, 0.15) is 30.5 Å². The van der Waals surface area contributed by atoms with E-state index in [1.165, 1.54) is 44.7 Å². The highest BCUT2D eigenvalue weighted by molar-refractivity contribution is 7.86. The van der Waals surface area contributed by atoms with Crippen LogP contribution >= 0.6 is 46.4 Å². The molecule has 0 atom stereocenters. The number of benzene rings is 3. The monoisotopic (exact) mass is 1280 g/mol. The molecule has 87 heavy (non-hydrogen) atoms. The number of anilines is 5. The minimum absolute atomic E-state index is 0.0880. The maximum atomic E-state index is 10.5. The molecule has 3 fully saturated rings. The van der Waals surface area contributed by atoms with E-state index in [1.54, 1.807) is 93.4 Å². The predicted molar refractivity (Wildman–Crippen MR) is 335 cm³/mol. The van der Waals surface area contributed by atoms with E-state index in [4.69, 9.17) is 73.8 Å². The van der Waals surface area contributed by atoms with Gasteiger partial charge in [-0.15, -0.1) is 0 Å². The van der Waals surface area contributed by atoms with Crippen LogP contribution < -0.4 is 21.1 Å². The number of nitrogens with two attached hydrogens (primary N) is 1. The Balaban J connectivity index is 0.000000150. The number of phenols is 2. The van der Waals surface area contributed by atoms with Crippen molar-refractivity contribution in [2.75, 3.05) is 35.8 Å². The molecule has 28 heteroatoms. The Morgan fingerprint density at radius 1 is 0.632 bits per heavy atom. The first-order valence-electron chi connectivity index (χ1n) is 27.0. The minimum Gasteiger partial charge on any atom is -0.508 e. The summed E-state index contributed by atoms with van der Waals surface area (Å²) < 4.78 is 36.9. The van der Waals surface area contributed by atoms with E-state index in [9.17, 15) is 13.5 Å². The number of aromatic hydroxyl groups is 2. The van der Waals surface area contributed by atoms with Gasteiger partial charge in [0.2, 0.25) is 17.2 Å². The molecule has 3 aliphatic rings. The van der Waals surface area contributed by atoms with Gasteiger partial charge in [-0.2, -0.15) is 29.0 Å². The fourth-order valence-electron chi connectivity index (χ4n) is 7.37. The van der Waals surface area contributed by atoms with Crippen LogP contribution in [0.15, 0.2) is 129 Å². The van der Waals surface area contributed by atoms with Crippen LogP contribution in [0.4, 0.5) is 29.0 Å². The van der Waals surface area contributed by atoms with Crippen LogP contribution in [0.2, 0.25) is 20.4 Å². The van der Waals surface area contributed by atoms with Gasteiger partial charge < -0.3 is 36.2 Å². The summed E-state index contributed by atoms with van der Waals surface area (Å²) in [6, 6.07) is 24.6. The molecule has 6 aromatic heterocycles. The quantitative estimate of drug-likeness (QED) is 0.0341. The zero-order chi connectivity index (χ0) is 62.5. The lowest BCUT2D eigenvalue weighted by atomic mass is 9.98. The fraction of sp³-hybridized carbons (Fsp3) is 0.305. The molecule has 3 aliphatic carbocycles. The van der Waals surface area contributed by atoms with Crippen molar-refractivity contribution in [2.24, 2.45) is 5.41 Å². The number of aromatic nitrogens is 12. The number of hydrogen-bond acceptors (Lipinski definition) is 19. The molecular weight excluding hydrogens is 1220 g/mol. The average molecular weight is 1280 g/mol. The molecule has 452 valence electrons. The van der Waals surface area contributed by atoms with E-state index >= 15 is 0 Å². The van der Waals surface area contributed by atoms with Crippen molar-refractivity contribution in [2.45, 2.75) is 89.9 Å². The van der Waals surface area contributed by atoms with Crippen LogP contribution in [-0.4, -0.2) is 103 Å². The highest BCUT2D eigenvalue weighted by Gasteiger charge is 2.27. The number of phenolic OH excluding ortho intramolecular Hbond substituents is 2. The van der Waals surface area contributed by atoms with Crippen molar-refractivity contribution in [3.8, 4) is 57.1 Å². The van der Waals surface area contributed by atoms with Gasteiger partial charge in [-0.05, 0) is 137 Å². The molecule has 0 radical (unpaired) electrons. The molecule has 3 saturated carbocycles. The predicted octanol–water partition coefficient (Wildman–Crippen LogP) is 13.4. The first-order valence-corrected chi connectivity index (χ1v) is 30.4. The maximum Gasteiger partial charge on any atom is 0.264 e. The highest BCUT2D eigenvalue weighted by atomic mass is 35.5. The van der Waals surface area contributed by atoms with Crippen molar-refractivity contribution in [1.82, 2.24) is 59.2 Å². The van der Waals surface area contributed by atoms with E-state index < -0.39 is 21.1 Å². The molecule has 6 N–H and O–H groups in total. The van der Waals surface area contributed by atoms with Crippen LogP contribution in [0.3, 0.4) is 0 Å². The van der Waals surface area contributed by atoms with Crippen molar-refractivity contribution in [3.63, 3.8) is 0 Å². The Bertz CT molecular complexity index is 3970. The lowest BCUT2D eigenvalue weighted by Crippen LogP contribution is -2.24. The largest absolute Gasteiger partial charge is 0.508 e. The molecule has 0 saturated heterocycles. The van der Waals surface area contributed by atoms with E-state index in [1.807, 2.05) is 70.7 Å². The third-order valence-electron chi connectivity index (χ3n) is 12.5. The Morgan fingerprint density at radius 2 is 1.03 bits per heavy atom. The van der Waals surface area contributed by atoms with E-state index in [2.05, 4.69) is 70.9 Å². The van der Waals surface area contributed by atoms with Crippen molar-refractivity contribution in [3.05, 3.63) is 160 Å².